The number of hydrogen-bond acceptors (Lipinski definition) is 7. The zero-order chi connectivity index (χ0) is 21.9. The maximum absolute atomic E-state index is 13.1. The van der Waals surface area contributed by atoms with Crippen LogP contribution in [0.2, 0.25) is 5.02 Å². The van der Waals surface area contributed by atoms with Gasteiger partial charge in [0.15, 0.2) is 5.56 Å². The van der Waals surface area contributed by atoms with E-state index in [4.69, 9.17) is 11.6 Å². The van der Waals surface area contributed by atoms with Gasteiger partial charge < -0.3 is 5.32 Å². The fourth-order valence-corrected chi connectivity index (χ4v) is 7.63. The molecule has 1 N–H and O–H groups in total. The summed E-state index contributed by atoms with van der Waals surface area (Å²) >= 11 is 7.56. The first-order valence-corrected chi connectivity index (χ1v) is 12.7. The molecule has 2 aliphatic heterocycles. The number of anilines is 2. The van der Waals surface area contributed by atoms with E-state index < -0.39 is 15.6 Å². The molecule has 0 radical (unpaired) electrons. The Morgan fingerprint density at radius 2 is 2.10 bits per heavy atom. The van der Waals surface area contributed by atoms with Crippen molar-refractivity contribution in [3.05, 3.63) is 51.4 Å². The van der Waals surface area contributed by atoms with Gasteiger partial charge in [-0.3, -0.25) is 13.7 Å². The molecule has 8 nitrogen and oxygen atoms in total. The van der Waals surface area contributed by atoms with Gasteiger partial charge in [-0.05, 0) is 55.1 Å². The fraction of sp³-hybridized carbons (Fsp3) is 0.350. The number of hydrogen-bond donors (Lipinski definition) is 1. The topological polar surface area (TPSA) is 108 Å². The van der Waals surface area contributed by atoms with Crippen molar-refractivity contribution in [1.29, 1.82) is 5.26 Å². The molecule has 5 rings (SSSR count). The molecule has 0 amide bonds. The number of halogens is 1. The number of benzene rings is 1. The SMILES string of the molecule is CS(=O)(=O)N1C2CCC1C(n1sc(Nc3c(Cl)ccc4ncccc34)c(C#N)c1=O)C2. The van der Waals surface area contributed by atoms with Crippen molar-refractivity contribution in [3.8, 4) is 6.07 Å². The van der Waals surface area contributed by atoms with Gasteiger partial charge in [0.2, 0.25) is 10.0 Å². The van der Waals surface area contributed by atoms with Crippen LogP contribution in [-0.2, 0) is 10.0 Å². The summed E-state index contributed by atoms with van der Waals surface area (Å²) in [5.74, 6) is 0. The van der Waals surface area contributed by atoms with Crippen LogP contribution in [0.1, 0.15) is 30.9 Å². The van der Waals surface area contributed by atoms with Crippen LogP contribution in [0.25, 0.3) is 10.9 Å². The molecule has 1 aromatic carbocycles. The second-order valence-corrected chi connectivity index (χ2v) is 11.1. The van der Waals surface area contributed by atoms with Crippen molar-refractivity contribution in [2.24, 2.45) is 0 Å². The zero-order valence-electron chi connectivity index (χ0n) is 16.4. The van der Waals surface area contributed by atoms with E-state index in [2.05, 4.69) is 10.3 Å². The molecule has 4 heterocycles. The van der Waals surface area contributed by atoms with Crippen molar-refractivity contribution in [3.63, 3.8) is 0 Å². The Kier molecular flexibility index (Phi) is 4.82. The number of pyridine rings is 1. The summed E-state index contributed by atoms with van der Waals surface area (Å²) in [6, 6.07) is 8.53. The number of aromatic nitrogens is 2. The molecule has 11 heteroatoms. The van der Waals surface area contributed by atoms with Gasteiger partial charge in [-0.25, -0.2) is 8.42 Å². The van der Waals surface area contributed by atoms with Crippen molar-refractivity contribution in [2.45, 2.75) is 37.4 Å². The van der Waals surface area contributed by atoms with Crippen LogP contribution < -0.4 is 10.9 Å². The number of nitriles is 1. The summed E-state index contributed by atoms with van der Waals surface area (Å²) in [6.07, 6.45) is 4.96. The summed E-state index contributed by atoms with van der Waals surface area (Å²) < 4.78 is 27.6. The van der Waals surface area contributed by atoms with E-state index in [-0.39, 0.29) is 23.7 Å². The molecule has 0 saturated carbocycles. The van der Waals surface area contributed by atoms with Crippen molar-refractivity contribution in [2.75, 3.05) is 11.6 Å². The molecule has 160 valence electrons. The second kappa shape index (κ2) is 7.31. The summed E-state index contributed by atoms with van der Waals surface area (Å²) in [4.78, 5) is 17.4. The molecule has 2 bridgehead atoms. The standard InChI is InChI=1S/C20H18ClN5O3S2/c1-31(28,29)26-11-4-7-16(26)17(9-11)25-20(27)13(10-22)19(30-25)24-18-12-3-2-8-23-15(12)6-5-14(18)21/h2-3,5-6,8,11,16-17,24H,4,7,9H2,1H3. The van der Waals surface area contributed by atoms with Crippen molar-refractivity contribution >= 4 is 54.7 Å². The predicted molar refractivity (Wildman–Crippen MR) is 120 cm³/mol. The lowest BCUT2D eigenvalue weighted by Gasteiger charge is -2.22. The molecule has 3 atom stereocenters. The van der Waals surface area contributed by atoms with E-state index in [0.717, 1.165) is 28.9 Å². The molecule has 3 unspecified atom stereocenters. The molecular formula is C20H18ClN5O3S2. The highest BCUT2D eigenvalue weighted by Crippen LogP contribution is 2.46. The van der Waals surface area contributed by atoms with Crippen LogP contribution in [0.15, 0.2) is 35.3 Å². The summed E-state index contributed by atoms with van der Waals surface area (Å²) in [6.45, 7) is 0. The van der Waals surface area contributed by atoms with Gasteiger partial charge in [-0.2, -0.15) is 9.57 Å². The van der Waals surface area contributed by atoms with Gasteiger partial charge >= 0.3 is 0 Å². The van der Waals surface area contributed by atoms with Gasteiger partial charge in [0.25, 0.3) is 5.56 Å². The first kappa shape index (κ1) is 20.5. The maximum Gasteiger partial charge on any atom is 0.281 e. The van der Waals surface area contributed by atoms with Crippen molar-refractivity contribution in [1.82, 2.24) is 13.2 Å². The lowest BCUT2D eigenvalue weighted by molar-refractivity contribution is 0.362. The summed E-state index contributed by atoms with van der Waals surface area (Å²) in [5, 5.41) is 14.5. The molecule has 31 heavy (non-hydrogen) atoms. The minimum absolute atomic E-state index is 0.00404. The average molecular weight is 476 g/mol. The molecule has 0 spiro atoms. The third-order valence-corrected chi connectivity index (χ3v) is 8.81. The molecule has 2 aromatic heterocycles. The van der Waals surface area contributed by atoms with Crippen molar-refractivity contribution < 1.29 is 8.42 Å². The highest BCUT2D eigenvalue weighted by atomic mass is 35.5. The van der Waals surface area contributed by atoms with Gasteiger partial charge in [0, 0.05) is 23.7 Å². The third kappa shape index (κ3) is 3.24. The molecule has 2 fully saturated rings. The highest BCUT2D eigenvalue weighted by Gasteiger charge is 2.52. The highest BCUT2D eigenvalue weighted by molar-refractivity contribution is 7.88. The Morgan fingerprint density at radius 3 is 2.81 bits per heavy atom. The van der Waals surface area contributed by atoms with Crippen LogP contribution in [0.4, 0.5) is 10.7 Å². The van der Waals surface area contributed by atoms with Crippen LogP contribution in [0.3, 0.4) is 0 Å². The first-order chi connectivity index (χ1) is 14.8. The Bertz CT molecular complexity index is 1410. The third-order valence-electron chi connectivity index (χ3n) is 6.04. The largest absolute Gasteiger partial charge is 0.343 e. The van der Waals surface area contributed by atoms with E-state index in [1.54, 1.807) is 28.4 Å². The normalized spacial score (nSPS) is 23.3. The number of nitrogens with one attached hydrogen (secondary N) is 1. The summed E-state index contributed by atoms with van der Waals surface area (Å²) in [7, 11) is -3.36. The van der Waals surface area contributed by atoms with Crippen LogP contribution in [0, 0.1) is 11.3 Å². The number of rotatable bonds is 4. The molecule has 3 aromatic rings. The molecule has 2 aliphatic rings. The van der Waals surface area contributed by atoms with Gasteiger partial charge in [-0.1, -0.05) is 11.6 Å². The number of nitrogens with zero attached hydrogens (tertiary/aromatic N) is 4. The Labute approximate surface area is 187 Å². The first-order valence-electron chi connectivity index (χ1n) is 9.74. The smallest absolute Gasteiger partial charge is 0.281 e. The Balaban J connectivity index is 1.57. The fourth-order valence-electron chi connectivity index (χ4n) is 4.84. The average Bonchev–Trinajstić information content (AvgIpc) is 3.41. The van der Waals surface area contributed by atoms with E-state index in [0.29, 0.717) is 28.6 Å². The lowest BCUT2D eigenvalue weighted by Crippen LogP contribution is -2.37. The Morgan fingerprint density at radius 1 is 1.29 bits per heavy atom. The zero-order valence-corrected chi connectivity index (χ0v) is 18.8. The second-order valence-electron chi connectivity index (χ2n) is 7.85. The minimum atomic E-state index is -3.36. The molecule has 2 saturated heterocycles. The van der Waals surface area contributed by atoms with E-state index >= 15 is 0 Å². The van der Waals surface area contributed by atoms with Gasteiger partial charge in [0.05, 0.1) is 28.5 Å². The number of sulfonamides is 1. The minimum Gasteiger partial charge on any atom is -0.343 e. The van der Waals surface area contributed by atoms with Gasteiger partial charge in [0.1, 0.15) is 11.1 Å². The van der Waals surface area contributed by atoms with Crippen LogP contribution in [0.5, 0.6) is 0 Å². The molecule has 0 aliphatic carbocycles. The van der Waals surface area contributed by atoms with E-state index in [1.807, 2.05) is 12.1 Å². The van der Waals surface area contributed by atoms with E-state index in [1.165, 1.54) is 10.6 Å². The Hall–Kier alpha value is -2.45. The summed E-state index contributed by atoms with van der Waals surface area (Å²) in [5.41, 5.74) is 0.894. The maximum atomic E-state index is 13.1. The van der Waals surface area contributed by atoms with Crippen LogP contribution in [-0.4, -0.2) is 40.0 Å². The monoisotopic (exact) mass is 475 g/mol. The molecular weight excluding hydrogens is 458 g/mol. The predicted octanol–water partition coefficient (Wildman–Crippen LogP) is 3.46. The van der Waals surface area contributed by atoms with Crippen LogP contribution >= 0.6 is 23.1 Å². The van der Waals surface area contributed by atoms with E-state index in [9.17, 15) is 18.5 Å². The quantitative estimate of drug-likeness (QED) is 0.619. The lowest BCUT2D eigenvalue weighted by atomic mass is 9.96. The number of fused-ring (bicyclic) bond motifs is 3. The van der Waals surface area contributed by atoms with Gasteiger partial charge in [-0.15, -0.1) is 0 Å².